The Labute approximate surface area is 138 Å². The largest absolute Gasteiger partial charge is 0.463 e. The third-order valence-corrected chi connectivity index (χ3v) is 4.45. The van der Waals surface area contributed by atoms with E-state index in [1.807, 2.05) is 0 Å². The third-order valence-electron chi connectivity index (χ3n) is 3.51. The van der Waals surface area contributed by atoms with Crippen molar-refractivity contribution in [3.05, 3.63) is 70.3 Å². The van der Waals surface area contributed by atoms with Crippen LogP contribution in [0.5, 0.6) is 0 Å². The lowest BCUT2D eigenvalue weighted by molar-refractivity contribution is 0.102. The van der Waals surface area contributed by atoms with Crippen LogP contribution in [0.2, 0.25) is 0 Å². The number of fused-ring (bicyclic) bond motifs is 2. The predicted octanol–water partition coefficient (Wildman–Crippen LogP) is 3.79. The summed E-state index contributed by atoms with van der Waals surface area (Å²) in [6, 6.07) is 11.2. The van der Waals surface area contributed by atoms with Gasteiger partial charge in [-0.15, -0.1) is 0 Å². The predicted molar refractivity (Wildman–Crippen MR) is 90.0 cm³/mol. The monoisotopic (exact) mass is 340 g/mol. The fourth-order valence-electron chi connectivity index (χ4n) is 2.37. The van der Waals surface area contributed by atoms with Crippen LogP contribution in [0.3, 0.4) is 0 Å². The van der Waals surface area contributed by atoms with E-state index in [4.69, 9.17) is 4.42 Å². The zero-order valence-electron chi connectivity index (χ0n) is 12.1. The number of rotatable bonds is 2. The highest BCUT2D eigenvalue weighted by Gasteiger charge is 2.16. The lowest BCUT2D eigenvalue weighted by Crippen LogP contribution is -2.21. The van der Waals surface area contributed by atoms with Crippen molar-refractivity contribution in [3.8, 4) is 0 Å². The second kappa shape index (κ2) is 5.54. The second-order valence-electron chi connectivity index (χ2n) is 5.03. The maximum absolute atomic E-state index is 13.7. The molecule has 0 unspecified atom stereocenters. The highest BCUT2D eigenvalue weighted by molar-refractivity contribution is 7.22. The molecule has 0 fully saturated rings. The second-order valence-corrected chi connectivity index (χ2v) is 6.07. The summed E-state index contributed by atoms with van der Waals surface area (Å²) in [5.41, 5.74) is 0.0273. The van der Waals surface area contributed by atoms with Gasteiger partial charge in [-0.25, -0.2) is 9.37 Å². The van der Waals surface area contributed by atoms with Crippen molar-refractivity contribution >= 4 is 43.6 Å². The van der Waals surface area contributed by atoms with Crippen LogP contribution in [0.15, 0.2) is 57.9 Å². The summed E-state index contributed by atoms with van der Waals surface area (Å²) in [5, 5.41) is 3.06. The molecule has 0 aliphatic heterocycles. The number of hydrogen-bond donors (Lipinski definition) is 1. The molecular formula is C17H9FN2O3S. The number of nitrogens with one attached hydrogen (secondary N) is 1. The fourth-order valence-corrected chi connectivity index (χ4v) is 3.24. The van der Waals surface area contributed by atoms with Crippen LogP contribution in [-0.4, -0.2) is 10.9 Å². The number of anilines is 1. The molecule has 1 N–H and O–H groups in total. The summed E-state index contributed by atoms with van der Waals surface area (Å²) in [5.74, 6) is -1.11. The Morgan fingerprint density at radius 3 is 2.83 bits per heavy atom. The summed E-state index contributed by atoms with van der Waals surface area (Å²) in [6.07, 6.45) is 1.12. The molecule has 0 saturated heterocycles. The average molecular weight is 340 g/mol. The van der Waals surface area contributed by atoms with Gasteiger partial charge in [0.15, 0.2) is 5.13 Å². The summed E-state index contributed by atoms with van der Waals surface area (Å²) >= 11 is 1.13. The molecule has 4 aromatic rings. The lowest BCUT2D eigenvalue weighted by Gasteiger charge is -2.02. The van der Waals surface area contributed by atoms with Crippen LogP contribution in [0.1, 0.15) is 10.4 Å². The first-order valence-electron chi connectivity index (χ1n) is 7.00. The number of halogens is 1. The molecule has 0 spiro atoms. The summed E-state index contributed by atoms with van der Waals surface area (Å²) in [4.78, 5) is 28.8. The highest BCUT2D eigenvalue weighted by Crippen LogP contribution is 2.27. The average Bonchev–Trinajstić information content (AvgIpc) is 2.99. The Bertz CT molecular complexity index is 1150. The van der Waals surface area contributed by atoms with Gasteiger partial charge in [-0.2, -0.15) is 0 Å². The first-order chi connectivity index (χ1) is 11.6. The van der Waals surface area contributed by atoms with Gasteiger partial charge in [0.25, 0.3) is 5.91 Å². The molecule has 0 bridgehead atoms. The maximum atomic E-state index is 13.7. The molecule has 1 amide bonds. The molecule has 2 heterocycles. The standard InChI is InChI=1S/C17H9FN2O3S/c18-11-5-3-7-13-14(11)19-17(24-13)20-16(22)10-8-23-12-6-2-1-4-9(12)15(10)21/h1-8H,(H,19,20,22). The van der Waals surface area contributed by atoms with E-state index in [1.54, 1.807) is 36.4 Å². The molecule has 24 heavy (non-hydrogen) atoms. The van der Waals surface area contributed by atoms with Gasteiger partial charge in [0.2, 0.25) is 5.43 Å². The normalized spacial score (nSPS) is 11.0. The summed E-state index contributed by atoms with van der Waals surface area (Å²) in [7, 11) is 0. The smallest absolute Gasteiger partial charge is 0.264 e. The Morgan fingerprint density at radius 2 is 2.00 bits per heavy atom. The van der Waals surface area contributed by atoms with Crippen LogP contribution >= 0.6 is 11.3 Å². The molecule has 0 aliphatic carbocycles. The molecule has 0 atom stereocenters. The number of amides is 1. The summed E-state index contributed by atoms with van der Waals surface area (Å²) in [6.45, 7) is 0. The van der Waals surface area contributed by atoms with Gasteiger partial charge in [0, 0.05) is 0 Å². The molecule has 2 aromatic heterocycles. The van der Waals surface area contributed by atoms with Crippen LogP contribution in [0.25, 0.3) is 21.2 Å². The van der Waals surface area contributed by atoms with Gasteiger partial charge in [0.1, 0.15) is 28.7 Å². The molecule has 0 aliphatic rings. The molecule has 0 saturated carbocycles. The molecule has 5 nitrogen and oxygen atoms in total. The molecule has 118 valence electrons. The van der Waals surface area contributed by atoms with Crippen molar-refractivity contribution in [1.82, 2.24) is 4.98 Å². The molecule has 4 rings (SSSR count). The minimum atomic E-state index is -0.644. The Hall–Kier alpha value is -3.06. The fraction of sp³-hybridized carbons (Fsp3) is 0. The minimum Gasteiger partial charge on any atom is -0.463 e. The van der Waals surface area contributed by atoms with Gasteiger partial charge >= 0.3 is 0 Å². The zero-order chi connectivity index (χ0) is 16.7. The number of benzene rings is 2. The van der Waals surface area contributed by atoms with E-state index < -0.39 is 17.2 Å². The number of thiazole rings is 1. The summed E-state index contributed by atoms with van der Waals surface area (Å²) < 4.78 is 19.6. The van der Waals surface area contributed by atoms with Gasteiger partial charge in [-0.05, 0) is 24.3 Å². The number of para-hydroxylation sites is 2. The van der Waals surface area contributed by atoms with Crippen LogP contribution in [0.4, 0.5) is 9.52 Å². The Morgan fingerprint density at radius 1 is 1.17 bits per heavy atom. The first-order valence-corrected chi connectivity index (χ1v) is 7.82. The van der Waals surface area contributed by atoms with Crippen LogP contribution in [0, 0.1) is 5.82 Å². The SMILES string of the molecule is O=C(Nc1nc2c(F)cccc2s1)c1coc2ccccc2c1=O. The lowest BCUT2D eigenvalue weighted by atomic mass is 10.1. The maximum Gasteiger partial charge on any atom is 0.264 e. The Kier molecular flexibility index (Phi) is 3.35. The van der Waals surface area contributed by atoms with Crippen molar-refractivity contribution in [1.29, 1.82) is 0 Å². The molecule has 0 radical (unpaired) electrons. The van der Waals surface area contributed by atoms with E-state index >= 15 is 0 Å². The van der Waals surface area contributed by atoms with E-state index in [1.165, 1.54) is 6.07 Å². The topological polar surface area (TPSA) is 72.2 Å². The van der Waals surface area contributed by atoms with Crippen LogP contribution < -0.4 is 10.7 Å². The van der Waals surface area contributed by atoms with Gasteiger partial charge < -0.3 is 4.42 Å². The van der Waals surface area contributed by atoms with E-state index in [2.05, 4.69) is 10.3 Å². The van der Waals surface area contributed by atoms with Gasteiger partial charge in [-0.3, -0.25) is 14.9 Å². The van der Waals surface area contributed by atoms with Crippen molar-refractivity contribution in [2.75, 3.05) is 5.32 Å². The molecule has 2 aromatic carbocycles. The van der Waals surface area contributed by atoms with Crippen molar-refractivity contribution < 1.29 is 13.6 Å². The number of hydrogen-bond acceptors (Lipinski definition) is 5. The number of carbonyl (C=O) groups is 1. The number of aromatic nitrogens is 1. The molecule has 7 heteroatoms. The van der Waals surface area contributed by atoms with Crippen molar-refractivity contribution in [3.63, 3.8) is 0 Å². The van der Waals surface area contributed by atoms with Crippen molar-refractivity contribution in [2.24, 2.45) is 0 Å². The highest BCUT2D eigenvalue weighted by atomic mass is 32.1. The number of carbonyl (C=O) groups excluding carboxylic acids is 1. The van der Waals surface area contributed by atoms with Gasteiger partial charge in [-0.1, -0.05) is 29.5 Å². The third kappa shape index (κ3) is 2.35. The van der Waals surface area contributed by atoms with E-state index in [-0.39, 0.29) is 16.2 Å². The number of nitrogens with zero attached hydrogens (tertiary/aromatic N) is 1. The van der Waals surface area contributed by atoms with E-state index in [0.29, 0.717) is 15.7 Å². The van der Waals surface area contributed by atoms with Crippen LogP contribution in [-0.2, 0) is 0 Å². The molecular weight excluding hydrogens is 331 g/mol. The Balaban J connectivity index is 1.72. The van der Waals surface area contributed by atoms with E-state index in [9.17, 15) is 14.0 Å². The van der Waals surface area contributed by atoms with E-state index in [0.717, 1.165) is 17.6 Å². The quantitative estimate of drug-likeness (QED) is 0.602. The van der Waals surface area contributed by atoms with Gasteiger partial charge in [0.05, 0.1) is 10.1 Å². The zero-order valence-corrected chi connectivity index (χ0v) is 12.9. The van der Waals surface area contributed by atoms with Crippen molar-refractivity contribution in [2.45, 2.75) is 0 Å². The minimum absolute atomic E-state index is 0.131. The first kappa shape index (κ1) is 14.5.